The SMILES string of the molecule is C=C1c2ccccc2C2CC([Si]C)CC2c2ccccc21. The van der Waals surface area contributed by atoms with E-state index in [0.29, 0.717) is 11.8 Å². The normalized spacial score (nSPS) is 26.7. The average molecular weight is 288 g/mol. The highest BCUT2D eigenvalue weighted by Gasteiger charge is 2.39. The number of fused-ring (bicyclic) bond motifs is 5. The van der Waals surface area contributed by atoms with Gasteiger partial charge in [-0.15, -0.1) is 0 Å². The summed E-state index contributed by atoms with van der Waals surface area (Å²) in [5.74, 6) is 1.36. The summed E-state index contributed by atoms with van der Waals surface area (Å²) < 4.78 is 0. The molecular formula is C20H20Si. The van der Waals surface area contributed by atoms with Gasteiger partial charge >= 0.3 is 0 Å². The van der Waals surface area contributed by atoms with Crippen molar-refractivity contribution in [2.45, 2.75) is 36.8 Å². The van der Waals surface area contributed by atoms with Gasteiger partial charge in [0.15, 0.2) is 0 Å². The van der Waals surface area contributed by atoms with Gasteiger partial charge in [-0.05, 0) is 58.0 Å². The van der Waals surface area contributed by atoms with Crippen LogP contribution < -0.4 is 0 Å². The van der Waals surface area contributed by atoms with Crippen LogP contribution in [-0.4, -0.2) is 9.52 Å². The Morgan fingerprint density at radius 3 is 1.81 bits per heavy atom. The first-order valence-corrected chi connectivity index (χ1v) is 9.42. The summed E-state index contributed by atoms with van der Waals surface area (Å²) in [6.45, 7) is 6.79. The van der Waals surface area contributed by atoms with Crippen LogP contribution in [0.3, 0.4) is 0 Å². The van der Waals surface area contributed by atoms with Crippen molar-refractivity contribution in [2.75, 3.05) is 0 Å². The zero-order valence-corrected chi connectivity index (χ0v) is 13.5. The summed E-state index contributed by atoms with van der Waals surface area (Å²) in [6.07, 6.45) is 2.69. The molecule has 0 bridgehead atoms. The van der Waals surface area contributed by atoms with E-state index in [-0.39, 0.29) is 0 Å². The predicted molar refractivity (Wildman–Crippen MR) is 91.1 cm³/mol. The Hall–Kier alpha value is -1.60. The molecule has 2 aliphatic rings. The van der Waals surface area contributed by atoms with Crippen LogP contribution in [0.5, 0.6) is 0 Å². The van der Waals surface area contributed by atoms with Crippen LogP contribution in [0.15, 0.2) is 55.1 Å². The van der Waals surface area contributed by atoms with Gasteiger partial charge in [-0.1, -0.05) is 61.7 Å². The van der Waals surface area contributed by atoms with Crippen LogP contribution in [0.1, 0.15) is 46.9 Å². The van der Waals surface area contributed by atoms with Crippen molar-refractivity contribution in [3.8, 4) is 0 Å². The summed E-state index contributed by atoms with van der Waals surface area (Å²) in [4.78, 5) is 0. The molecule has 2 unspecified atom stereocenters. The third kappa shape index (κ3) is 1.95. The maximum absolute atomic E-state index is 4.43. The average Bonchev–Trinajstić information content (AvgIpc) is 2.95. The highest BCUT2D eigenvalue weighted by atomic mass is 28.2. The molecular weight excluding hydrogens is 268 g/mol. The molecule has 0 aliphatic heterocycles. The van der Waals surface area contributed by atoms with Gasteiger partial charge < -0.3 is 0 Å². The third-order valence-corrected chi connectivity index (χ3v) is 6.63. The molecule has 21 heavy (non-hydrogen) atoms. The molecule has 2 radical (unpaired) electrons. The second kappa shape index (κ2) is 4.99. The van der Waals surface area contributed by atoms with Gasteiger partial charge in [-0.3, -0.25) is 0 Å². The lowest BCUT2D eigenvalue weighted by atomic mass is 9.84. The smallest absolute Gasteiger partial charge is 0.0378 e. The maximum Gasteiger partial charge on any atom is 0.0378 e. The highest BCUT2D eigenvalue weighted by Crippen LogP contribution is 2.55. The second-order valence-electron chi connectivity index (χ2n) is 6.32. The zero-order chi connectivity index (χ0) is 14.4. The van der Waals surface area contributed by atoms with Gasteiger partial charge in [0.1, 0.15) is 0 Å². The van der Waals surface area contributed by atoms with E-state index in [0.717, 1.165) is 15.1 Å². The van der Waals surface area contributed by atoms with E-state index in [4.69, 9.17) is 0 Å². The van der Waals surface area contributed by atoms with Gasteiger partial charge in [-0.25, -0.2) is 0 Å². The van der Waals surface area contributed by atoms with E-state index in [2.05, 4.69) is 61.7 Å². The molecule has 0 nitrogen and oxygen atoms in total. The first-order valence-electron chi connectivity index (χ1n) is 7.84. The minimum atomic E-state index is 0.680. The minimum absolute atomic E-state index is 0.680. The quantitative estimate of drug-likeness (QED) is 0.628. The monoisotopic (exact) mass is 288 g/mol. The number of benzene rings is 2. The molecule has 0 amide bonds. The van der Waals surface area contributed by atoms with Crippen LogP contribution in [0.25, 0.3) is 5.57 Å². The van der Waals surface area contributed by atoms with E-state index in [1.807, 2.05) is 0 Å². The van der Waals surface area contributed by atoms with E-state index in [1.165, 1.54) is 40.7 Å². The van der Waals surface area contributed by atoms with Crippen molar-refractivity contribution in [1.82, 2.24) is 0 Å². The summed E-state index contributed by atoms with van der Waals surface area (Å²) in [7, 11) is 1.06. The Morgan fingerprint density at radius 1 is 0.857 bits per heavy atom. The standard InChI is InChI=1S/C20H20Si/c1-13-15-7-3-5-9-17(15)19-11-14(21-2)12-20(19)18-10-6-4-8-16(13)18/h3-10,14,19-20H,1,11-12H2,2H3. The summed E-state index contributed by atoms with van der Waals surface area (Å²) in [6, 6.07) is 17.9. The molecule has 0 saturated heterocycles. The van der Waals surface area contributed by atoms with Crippen LogP contribution in [0.4, 0.5) is 0 Å². The molecule has 0 heterocycles. The zero-order valence-electron chi connectivity index (χ0n) is 12.5. The fourth-order valence-corrected chi connectivity index (χ4v) is 5.28. The Labute approximate surface area is 129 Å². The van der Waals surface area contributed by atoms with Crippen molar-refractivity contribution in [3.05, 3.63) is 77.4 Å². The topological polar surface area (TPSA) is 0 Å². The first kappa shape index (κ1) is 13.1. The van der Waals surface area contributed by atoms with Gasteiger partial charge in [0.25, 0.3) is 0 Å². The van der Waals surface area contributed by atoms with E-state index < -0.39 is 0 Å². The van der Waals surface area contributed by atoms with Gasteiger partial charge in [0.05, 0.1) is 0 Å². The predicted octanol–water partition coefficient (Wildman–Crippen LogP) is 5.26. The van der Waals surface area contributed by atoms with E-state index >= 15 is 0 Å². The molecule has 4 rings (SSSR count). The minimum Gasteiger partial charge on any atom is -0.0905 e. The lowest BCUT2D eigenvalue weighted by Gasteiger charge is -2.19. The van der Waals surface area contributed by atoms with Crippen molar-refractivity contribution in [2.24, 2.45) is 0 Å². The highest BCUT2D eigenvalue weighted by molar-refractivity contribution is 6.35. The van der Waals surface area contributed by atoms with Gasteiger partial charge in [-0.2, -0.15) is 0 Å². The molecule has 1 fully saturated rings. The van der Waals surface area contributed by atoms with Crippen molar-refractivity contribution in [1.29, 1.82) is 0 Å². The van der Waals surface area contributed by atoms with Crippen LogP contribution in [0, 0.1) is 0 Å². The Kier molecular flexibility index (Phi) is 3.11. The van der Waals surface area contributed by atoms with Crippen molar-refractivity contribution in [3.63, 3.8) is 0 Å². The Bertz CT molecular complexity index is 643. The lowest BCUT2D eigenvalue weighted by molar-refractivity contribution is 0.626. The number of hydrogen-bond acceptors (Lipinski definition) is 0. The molecule has 2 aromatic rings. The molecule has 1 saturated carbocycles. The number of rotatable bonds is 1. The fourth-order valence-electron chi connectivity index (χ4n) is 4.30. The molecule has 0 aromatic heterocycles. The second-order valence-corrected chi connectivity index (χ2v) is 7.72. The van der Waals surface area contributed by atoms with Crippen molar-refractivity contribution >= 4 is 15.1 Å². The molecule has 0 N–H and O–H groups in total. The van der Waals surface area contributed by atoms with E-state index in [1.54, 1.807) is 0 Å². The van der Waals surface area contributed by atoms with Crippen molar-refractivity contribution < 1.29 is 0 Å². The maximum atomic E-state index is 4.43. The van der Waals surface area contributed by atoms with E-state index in [9.17, 15) is 0 Å². The third-order valence-electron chi connectivity index (χ3n) is 5.34. The Balaban J connectivity index is 1.96. The van der Waals surface area contributed by atoms with Crippen LogP contribution in [-0.2, 0) is 0 Å². The summed E-state index contributed by atoms with van der Waals surface area (Å²) in [5, 5.41) is 0. The van der Waals surface area contributed by atoms with Gasteiger partial charge in [0.2, 0.25) is 0 Å². The molecule has 0 spiro atoms. The molecule has 2 atom stereocenters. The van der Waals surface area contributed by atoms with Gasteiger partial charge in [0, 0.05) is 9.52 Å². The fraction of sp³-hybridized carbons (Fsp3) is 0.300. The first-order chi connectivity index (χ1) is 10.3. The molecule has 104 valence electrons. The summed E-state index contributed by atoms with van der Waals surface area (Å²) in [5.41, 5.74) is 7.92. The number of hydrogen-bond donors (Lipinski definition) is 0. The lowest BCUT2D eigenvalue weighted by Crippen LogP contribution is -2.04. The Morgan fingerprint density at radius 2 is 1.33 bits per heavy atom. The summed E-state index contributed by atoms with van der Waals surface area (Å²) >= 11 is 0. The largest absolute Gasteiger partial charge is 0.0905 e. The molecule has 2 aromatic carbocycles. The van der Waals surface area contributed by atoms with Crippen LogP contribution >= 0.6 is 0 Å². The van der Waals surface area contributed by atoms with Crippen LogP contribution in [0.2, 0.25) is 12.1 Å². The molecule has 2 aliphatic carbocycles. The molecule has 1 heteroatoms.